The van der Waals surface area contributed by atoms with Gasteiger partial charge < -0.3 is 15.4 Å². The van der Waals surface area contributed by atoms with Crippen LogP contribution in [0.2, 0.25) is 0 Å². The molecule has 1 amide bonds. The molecule has 0 aliphatic heterocycles. The highest BCUT2D eigenvalue weighted by Gasteiger charge is 2.08. The first-order chi connectivity index (χ1) is 13.2. The van der Waals surface area contributed by atoms with E-state index in [-0.39, 0.29) is 5.91 Å². The molecule has 0 radical (unpaired) electrons. The van der Waals surface area contributed by atoms with Gasteiger partial charge in [0.2, 0.25) is 0 Å². The highest BCUT2D eigenvalue weighted by Crippen LogP contribution is 2.15. The summed E-state index contributed by atoms with van der Waals surface area (Å²) in [5, 5.41) is 6.21. The Balaban J connectivity index is 1.53. The Labute approximate surface area is 159 Å². The Hall–Kier alpha value is -3.34. The van der Waals surface area contributed by atoms with E-state index < -0.39 is 0 Å². The highest BCUT2D eigenvalue weighted by molar-refractivity contribution is 6.03. The summed E-state index contributed by atoms with van der Waals surface area (Å²) in [6.45, 7) is 2.72. The fourth-order valence-corrected chi connectivity index (χ4v) is 2.71. The Morgan fingerprint density at radius 3 is 2.67 bits per heavy atom. The second-order valence-corrected chi connectivity index (χ2v) is 6.23. The predicted molar refractivity (Wildman–Crippen MR) is 109 cm³/mol. The van der Waals surface area contributed by atoms with Crippen LogP contribution < -0.4 is 15.4 Å². The van der Waals surface area contributed by atoms with E-state index in [1.807, 2.05) is 55.5 Å². The van der Waals surface area contributed by atoms with E-state index in [1.54, 1.807) is 19.4 Å². The molecule has 0 unspecified atom stereocenters. The number of anilines is 2. The van der Waals surface area contributed by atoms with Crippen molar-refractivity contribution in [1.82, 2.24) is 4.98 Å². The maximum absolute atomic E-state index is 12.3. The van der Waals surface area contributed by atoms with Gasteiger partial charge in [-0.2, -0.15) is 0 Å². The van der Waals surface area contributed by atoms with E-state index in [0.29, 0.717) is 5.69 Å². The number of pyridine rings is 1. The van der Waals surface area contributed by atoms with Crippen molar-refractivity contribution in [2.24, 2.45) is 0 Å². The van der Waals surface area contributed by atoms with Crippen LogP contribution in [0.4, 0.5) is 11.4 Å². The number of ether oxygens (including phenoxy) is 1. The molecule has 0 spiro atoms. The lowest BCUT2D eigenvalue weighted by molar-refractivity contribution is 0.102. The fraction of sp³-hybridized carbons (Fsp3) is 0.182. The summed E-state index contributed by atoms with van der Waals surface area (Å²) < 4.78 is 5.24. The lowest BCUT2D eigenvalue weighted by atomic mass is 10.1. The average Bonchev–Trinajstić information content (AvgIpc) is 2.70. The van der Waals surface area contributed by atoms with Crippen LogP contribution in [0.1, 0.15) is 21.6 Å². The van der Waals surface area contributed by atoms with Crippen LogP contribution in [0, 0.1) is 6.92 Å². The van der Waals surface area contributed by atoms with Crippen molar-refractivity contribution in [1.29, 1.82) is 0 Å². The van der Waals surface area contributed by atoms with E-state index in [9.17, 15) is 4.79 Å². The number of hydrogen-bond acceptors (Lipinski definition) is 4. The lowest BCUT2D eigenvalue weighted by Gasteiger charge is -2.09. The maximum atomic E-state index is 12.3. The van der Waals surface area contributed by atoms with E-state index in [2.05, 4.69) is 21.7 Å². The highest BCUT2D eigenvalue weighted by atomic mass is 16.5. The number of methoxy groups -OCH3 is 1. The van der Waals surface area contributed by atoms with Crippen molar-refractivity contribution in [2.75, 3.05) is 24.3 Å². The predicted octanol–water partition coefficient (Wildman–Crippen LogP) is 4.31. The van der Waals surface area contributed by atoms with Crippen LogP contribution in [-0.4, -0.2) is 24.5 Å². The molecule has 3 aromatic rings. The van der Waals surface area contributed by atoms with Gasteiger partial charge in [-0.25, -0.2) is 4.98 Å². The molecule has 0 aliphatic rings. The fourth-order valence-electron chi connectivity index (χ4n) is 2.71. The third-order valence-electron chi connectivity index (χ3n) is 4.27. The monoisotopic (exact) mass is 361 g/mol. The molecule has 2 N–H and O–H groups in total. The topological polar surface area (TPSA) is 63.2 Å². The first-order valence-corrected chi connectivity index (χ1v) is 8.85. The normalized spacial score (nSPS) is 10.3. The van der Waals surface area contributed by atoms with Gasteiger partial charge in [-0.05, 0) is 54.8 Å². The Bertz CT molecular complexity index is 907. The van der Waals surface area contributed by atoms with Gasteiger partial charge in [0.1, 0.15) is 11.4 Å². The Morgan fingerprint density at radius 1 is 1.07 bits per heavy atom. The number of nitrogens with one attached hydrogen (secondary N) is 2. The van der Waals surface area contributed by atoms with Crippen molar-refractivity contribution in [3.05, 3.63) is 83.7 Å². The van der Waals surface area contributed by atoms with Crippen LogP contribution in [0.5, 0.6) is 5.75 Å². The smallest absolute Gasteiger partial charge is 0.274 e. The number of nitrogens with zero attached hydrogens (tertiary/aromatic N) is 1. The number of carbonyl (C=O) groups excluding carboxylic acids is 1. The van der Waals surface area contributed by atoms with Crippen molar-refractivity contribution >= 4 is 17.3 Å². The van der Waals surface area contributed by atoms with Crippen LogP contribution in [0.15, 0.2) is 66.9 Å². The van der Waals surface area contributed by atoms with Gasteiger partial charge in [-0.1, -0.05) is 30.3 Å². The number of carbonyl (C=O) groups is 1. The molecule has 0 saturated heterocycles. The van der Waals surface area contributed by atoms with Gasteiger partial charge in [0.25, 0.3) is 5.91 Å². The van der Waals surface area contributed by atoms with Crippen LogP contribution in [0.25, 0.3) is 0 Å². The molecule has 0 fully saturated rings. The zero-order valence-corrected chi connectivity index (χ0v) is 15.5. The molecule has 27 heavy (non-hydrogen) atoms. The first kappa shape index (κ1) is 18.5. The van der Waals surface area contributed by atoms with Gasteiger partial charge in [0.05, 0.1) is 19.0 Å². The molecule has 1 aromatic heterocycles. The van der Waals surface area contributed by atoms with E-state index in [1.165, 1.54) is 5.56 Å². The third-order valence-corrected chi connectivity index (χ3v) is 4.27. The summed E-state index contributed by atoms with van der Waals surface area (Å²) in [4.78, 5) is 16.6. The minimum atomic E-state index is -0.216. The number of para-hydroxylation sites is 1. The maximum Gasteiger partial charge on any atom is 0.274 e. The minimum Gasteiger partial charge on any atom is -0.497 e. The van der Waals surface area contributed by atoms with Crippen LogP contribution in [-0.2, 0) is 6.42 Å². The molecule has 5 heteroatoms. The molecule has 1 heterocycles. The molecule has 5 nitrogen and oxygen atoms in total. The third kappa shape index (κ3) is 5.07. The number of benzene rings is 2. The van der Waals surface area contributed by atoms with E-state index in [4.69, 9.17) is 4.74 Å². The molecule has 0 saturated carbocycles. The zero-order valence-electron chi connectivity index (χ0n) is 15.5. The number of hydrogen-bond donors (Lipinski definition) is 2. The number of rotatable bonds is 7. The van der Waals surface area contributed by atoms with Gasteiger partial charge in [-0.15, -0.1) is 0 Å². The summed E-state index contributed by atoms with van der Waals surface area (Å²) in [5.74, 6) is 0.644. The average molecular weight is 361 g/mol. The van der Waals surface area contributed by atoms with Gasteiger partial charge in [-0.3, -0.25) is 4.79 Å². The first-order valence-electron chi connectivity index (χ1n) is 8.85. The summed E-state index contributed by atoms with van der Waals surface area (Å²) in [7, 11) is 1.67. The van der Waals surface area contributed by atoms with Crippen LogP contribution in [0.3, 0.4) is 0 Å². The SMILES string of the molecule is COc1cccc(CCNc2ccc(C(=O)Nc3ccccc3C)nc2)c1. The molecule has 3 rings (SSSR count). The van der Waals surface area contributed by atoms with Gasteiger partial charge in [0, 0.05) is 12.2 Å². The largest absolute Gasteiger partial charge is 0.497 e. The van der Waals surface area contributed by atoms with Crippen molar-refractivity contribution < 1.29 is 9.53 Å². The standard InChI is InChI=1S/C22H23N3O2/c1-16-6-3-4-9-20(16)25-22(26)21-11-10-18(15-24-21)23-13-12-17-7-5-8-19(14-17)27-2/h3-11,14-15,23H,12-13H2,1-2H3,(H,25,26). The molecule has 138 valence electrons. The number of aromatic nitrogens is 1. The van der Waals surface area contributed by atoms with Crippen molar-refractivity contribution in [3.63, 3.8) is 0 Å². The molecule has 0 atom stereocenters. The Morgan fingerprint density at radius 2 is 1.93 bits per heavy atom. The van der Waals surface area contributed by atoms with E-state index >= 15 is 0 Å². The van der Waals surface area contributed by atoms with Crippen molar-refractivity contribution in [3.8, 4) is 5.75 Å². The molecule has 0 bridgehead atoms. The summed E-state index contributed by atoms with van der Waals surface area (Å²) in [5.41, 5.74) is 4.28. The number of amides is 1. The molecular formula is C22H23N3O2. The molecular weight excluding hydrogens is 338 g/mol. The minimum absolute atomic E-state index is 0.216. The second-order valence-electron chi connectivity index (χ2n) is 6.23. The van der Waals surface area contributed by atoms with Crippen molar-refractivity contribution in [2.45, 2.75) is 13.3 Å². The Kier molecular flexibility index (Phi) is 6.05. The molecule has 2 aromatic carbocycles. The number of aryl methyl sites for hydroxylation is 1. The van der Waals surface area contributed by atoms with Crippen LogP contribution >= 0.6 is 0 Å². The lowest BCUT2D eigenvalue weighted by Crippen LogP contribution is -2.14. The van der Waals surface area contributed by atoms with Gasteiger partial charge >= 0.3 is 0 Å². The van der Waals surface area contributed by atoms with E-state index in [0.717, 1.165) is 35.7 Å². The summed E-state index contributed by atoms with van der Waals surface area (Å²) >= 11 is 0. The summed E-state index contributed by atoms with van der Waals surface area (Å²) in [6, 6.07) is 19.3. The second kappa shape index (κ2) is 8.85. The summed E-state index contributed by atoms with van der Waals surface area (Å²) in [6.07, 6.45) is 2.55. The zero-order chi connectivity index (χ0) is 19.1. The van der Waals surface area contributed by atoms with Gasteiger partial charge in [0.15, 0.2) is 0 Å². The quantitative estimate of drug-likeness (QED) is 0.658. The molecule has 0 aliphatic carbocycles.